The average Bonchev–Trinajstić information content (AvgIpc) is 2.75. The Kier molecular flexibility index (Phi) is 5.05. The van der Waals surface area contributed by atoms with E-state index < -0.39 is 17.3 Å². The predicted octanol–water partition coefficient (Wildman–Crippen LogP) is 3.87. The van der Waals surface area contributed by atoms with Crippen LogP contribution in [0.5, 0.6) is 0 Å². The lowest BCUT2D eigenvalue weighted by Gasteiger charge is -2.41. The fourth-order valence-corrected chi connectivity index (χ4v) is 3.92. The molecule has 2 N–H and O–H groups in total. The first kappa shape index (κ1) is 19.8. The standard InChI is InChI=1S/C19H26F3N3O2/c1-18(2,3)27-17(26)24-10-14-6-7-15(11-24)25(14)9-12-4-5-13(23)8-16(12)19(20,21)22/h4-5,8,14-15H,6-7,9-11,23H2,1-3H3. The third kappa shape index (κ3) is 4.48. The van der Waals surface area contributed by atoms with Gasteiger partial charge in [0.2, 0.25) is 0 Å². The van der Waals surface area contributed by atoms with Gasteiger partial charge in [-0.1, -0.05) is 6.07 Å². The van der Waals surface area contributed by atoms with Crippen molar-refractivity contribution in [1.29, 1.82) is 0 Å². The third-order valence-electron chi connectivity index (χ3n) is 5.08. The van der Waals surface area contributed by atoms with Crippen LogP contribution in [-0.2, 0) is 17.5 Å². The van der Waals surface area contributed by atoms with Crippen LogP contribution in [0.3, 0.4) is 0 Å². The van der Waals surface area contributed by atoms with Gasteiger partial charge < -0.3 is 15.4 Å². The first-order valence-corrected chi connectivity index (χ1v) is 9.13. The van der Waals surface area contributed by atoms with E-state index in [1.165, 1.54) is 12.1 Å². The smallest absolute Gasteiger partial charge is 0.416 e. The van der Waals surface area contributed by atoms with Crippen molar-refractivity contribution < 1.29 is 22.7 Å². The van der Waals surface area contributed by atoms with Gasteiger partial charge in [-0.05, 0) is 51.3 Å². The van der Waals surface area contributed by atoms with E-state index >= 15 is 0 Å². The molecule has 2 bridgehead atoms. The number of nitrogens with two attached hydrogens (primary N) is 1. The summed E-state index contributed by atoms with van der Waals surface area (Å²) in [5.74, 6) is 0. The Hall–Kier alpha value is -1.96. The van der Waals surface area contributed by atoms with E-state index in [1.807, 2.05) is 20.8 Å². The van der Waals surface area contributed by atoms with Crippen LogP contribution < -0.4 is 5.73 Å². The topological polar surface area (TPSA) is 58.8 Å². The molecule has 2 saturated heterocycles. The normalized spacial score (nSPS) is 23.6. The lowest BCUT2D eigenvalue weighted by atomic mass is 10.0. The van der Waals surface area contributed by atoms with Gasteiger partial charge in [-0.3, -0.25) is 4.90 Å². The highest BCUT2D eigenvalue weighted by Crippen LogP contribution is 2.37. The van der Waals surface area contributed by atoms with Crippen LogP contribution >= 0.6 is 0 Å². The second kappa shape index (κ2) is 6.89. The van der Waals surface area contributed by atoms with E-state index in [0.717, 1.165) is 18.9 Å². The summed E-state index contributed by atoms with van der Waals surface area (Å²) in [6.45, 7) is 6.59. The minimum Gasteiger partial charge on any atom is -0.444 e. The Morgan fingerprint density at radius 2 is 1.78 bits per heavy atom. The molecule has 2 aliphatic rings. The number of halogens is 3. The van der Waals surface area contributed by atoms with E-state index in [4.69, 9.17) is 10.5 Å². The van der Waals surface area contributed by atoms with Gasteiger partial charge in [0.1, 0.15) is 5.60 Å². The third-order valence-corrected chi connectivity index (χ3v) is 5.08. The summed E-state index contributed by atoms with van der Waals surface area (Å²) < 4.78 is 45.6. The number of nitrogens with zero attached hydrogens (tertiary/aromatic N) is 2. The van der Waals surface area contributed by atoms with E-state index in [0.29, 0.717) is 13.1 Å². The zero-order valence-electron chi connectivity index (χ0n) is 15.8. The fourth-order valence-electron chi connectivity index (χ4n) is 3.92. The molecule has 1 amide bonds. The SMILES string of the molecule is CC(C)(C)OC(=O)N1CC2CCC(C1)N2Cc1ccc(N)cc1C(F)(F)F. The molecular formula is C19H26F3N3O2. The number of nitrogen functional groups attached to an aromatic ring is 1. The number of carbonyl (C=O) groups is 1. The zero-order valence-corrected chi connectivity index (χ0v) is 15.8. The van der Waals surface area contributed by atoms with Gasteiger partial charge in [0.15, 0.2) is 0 Å². The number of amides is 1. The van der Waals surface area contributed by atoms with Crippen LogP contribution in [0.4, 0.5) is 23.7 Å². The first-order valence-electron chi connectivity index (χ1n) is 9.13. The van der Waals surface area contributed by atoms with Crippen molar-refractivity contribution >= 4 is 11.8 Å². The Labute approximate surface area is 157 Å². The quantitative estimate of drug-likeness (QED) is 0.785. The number of benzene rings is 1. The maximum absolute atomic E-state index is 13.4. The molecule has 0 spiro atoms. The lowest BCUT2D eigenvalue weighted by Crippen LogP contribution is -2.55. The Balaban J connectivity index is 1.74. The number of hydrogen-bond acceptors (Lipinski definition) is 4. The molecule has 0 radical (unpaired) electrons. The number of anilines is 1. The van der Waals surface area contributed by atoms with Crippen molar-refractivity contribution in [1.82, 2.24) is 9.80 Å². The molecule has 27 heavy (non-hydrogen) atoms. The maximum atomic E-state index is 13.4. The van der Waals surface area contributed by atoms with Gasteiger partial charge >= 0.3 is 12.3 Å². The van der Waals surface area contributed by atoms with Crippen molar-refractivity contribution in [3.05, 3.63) is 29.3 Å². The molecule has 2 atom stereocenters. The molecule has 2 unspecified atom stereocenters. The van der Waals surface area contributed by atoms with Gasteiger partial charge in [0, 0.05) is 37.4 Å². The largest absolute Gasteiger partial charge is 0.444 e. The van der Waals surface area contributed by atoms with Gasteiger partial charge in [0.25, 0.3) is 0 Å². The lowest BCUT2D eigenvalue weighted by molar-refractivity contribution is -0.138. The Bertz CT molecular complexity index is 701. The Morgan fingerprint density at radius 1 is 1.19 bits per heavy atom. The summed E-state index contributed by atoms with van der Waals surface area (Å²) in [5.41, 5.74) is 4.62. The van der Waals surface area contributed by atoms with Crippen LogP contribution in [0.2, 0.25) is 0 Å². The maximum Gasteiger partial charge on any atom is 0.416 e. The number of alkyl halides is 3. The summed E-state index contributed by atoms with van der Waals surface area (Å²) >= 11 is 0. The average molecular weight is 385 g/mol. The van der Waals surface area contributed by atoms with Gasteiger partial charge in [-0.15, -0.1) is 0 Å². The van der Waals surface area contributed by atoms with Crippen molar-refractivity contribution in [2.45, 2.75) is 64.0 Å². The number of hydrogen-bond donors (Lipinski definition) is 1. The second-order valence-corrected chi connectivity index (χ2v) is 8.36. The van der Waals surface area contributed by atoms with Crippen LogP contribution in [0.25, 0.3) is 0 Å². The first-order chi connectivity index (χ1) is 12.4. The minimum atomic E-state index is -4.44. The number of fused-ring (bicyclic) bond motifs is 2. The van der Waals surface area contributed by atoms with E-state index in [9.17, 15) is 18.0 Å². The number of rotatable bonds is 2. The van der Waals surface area contributed by atoms with Crippen LogP contribution in [0, 0.1) is 0 Å². The zero-order chi connectivity index (χ0) is 20.0. The highest BCUT2D eigenvalue weighted by atomic mass is 19.4. The number of carbonyl (C=O) groups excluding carboxylic acids is 1. The molecule has 150 valence electrons. The highest BCUT2D eigenvalue weighted by Gasteiger charge is 2.43. The van der Waals surface area contributed by atoms with Gasteiger partial charge in [0.05, 0.1) is 5.56 Å². The second-order valence-electron chi connectivity index (χ2n) is 8.36. The molecule has 0 saturated carbocycles. The molecule has 2 aliphatic heterocycles. The van der Waals surface area contributed by atoms with Crippen molar-refractivity contribution in [3.63, 3.8) is 0 Å². The minimum absolute atomic E-state index is 0.0369. The molecule has 2 heterocycles. The molecule has 1 aromatic rings. The molecule has 2 fully saturated rings. The van der Waals surface area contributed by atoms with E-state index in [-0.39, 0.29) is 36.0 Å². The molecular weight excluding hydrogens is 359 g/mol. The number of ether oxygens (including phenoxy) is 1. The van der Waals surface area contributed by atoms with Crippen molar-refractivity contribution in [2.75, 3.05) is 18.8 Å². The number of likely N-dealkylation sites (tertiary alicyclic amines) is 1. The van der Waals surface area contributed by atoms with Crippen LogP contribution in [0.1, 0.15) is 44.7 Å². The summed E-state index contributed by atoms with van der Waals surface area (Å²) in [6.07, 6.45) is -3.08. The molecule has 3 rings (SSSR count). The summed E-state index contributed by atoms with van der Waals surface area (Å²) in [5, 5.41) is 0. The molecule has 0 aromatic heterocycles. The molecule has 0 aliphatic carbocycles. The van der Waals surface area contributed by atoms with E-state index in [1.54, 1.807) is 4.90 Å². The van der Waals surface area contributed by atoms with Crippen molar-refractivity contribution in [2.24, 2.45) is 0 Å². The fraction of sp³-hybridized carbons (Fsp3) is 0.632. The van der Waals surface area contributed by atoms with Crippen LogP contribution in [0.15, 0.2) is 18.2 Å². The molecule has 5 nitrogen and oxygen atoms in total. The molecule has 1 aromatic carbocycles. The van der Waals surface area contributed by atoms with Gasteiger partial charge in [-0.2, -0.15) is 13.2 Å². The Morgan fingerprint density at radius 3 is 2.30 bits per heavy atom. The summed E-state index contributed by atoms with van der Waals surface area (Å²) in [6, 6.07) is 4.03. The van der Waals surface area contributed by atoms with Gasteiger partial charge in [-0.25, -0.2) is 4.79 Å². The molecule has 8 heteroatoms. The monoisotopic (exact) mass is 385 g/mol. The van der Waals surface area contributed by atoms with E-state index in [2.05, 4.69) is 4.90 Å². The van der Waals surface area contributed by atoms with Crippen LogP contribution in [-0.4, -0.2) is 46.7 Å². The van der Waals surface area contributed by atoms with Crippen molar-refractivity contribution in [3.8, 4) is 0 Å². The summed E-state index contributed by atoms with van der Waals surface area (Å²) in [4.78, 5) is 16.1. The predicted molar refractivity (Wildman–Crippen MR) is 96.0 cm³/mol. The number of piperazine rings is 1. The highest BCUT2D eigenvalue weighted by molar-refractivity contribution is 5.68. The summed E-state index contributed by atoms with van der Waals surface area (Å²) in [7, 11) is 0.